The number of ether oxygens (including phenoxy) is 1. The number of nitrogens with one attached hydrogen (secondary N) is 1. The molecule has 3 nitrogen and oxygen atoms in total. The van der Waals surface area contributed by atoms with Crippen LogP contribution in [0.5, 0.6) is 5.75 Å². The molecule has 1 aromatic carbocycles. The van der Waals surface area contributed by atoms with Gasteiger partial charge in [-0.3, -0.25) is 4.79 Å². The zero-order valence-electron chi connectivity index (χ0n) is 12.9. The van der Waals surface area contributed by atoms with Gasteiger partial charge in [-0.15, -0.1) is 0 Å². The highest BCUT2D eigenvalue weighted by atomic mass is 16.5. The summed E-state index contributed by atoms with van der Waals surface area (Å²) in [6, 6.07) is 8.18. The summed E-state index contributed by atoms with van der Waals surface area (Å²) in [4.78, 5) is 11.6. The van der Waals surface area contributed by atoms with E-state index in [-0.39, 0.29) is 17.2 Å². The quantitative estimate of drug-likeness (QED) is 0.838. The highest BCUT2D eigenvalue weighted by molar-refractivity contribution is 5.81. The third kappa shape index (κ3) is 3.99. The van der Waals surface area contributed by atoms with Gasteiger partial charge < -0.3 is 10.1 Å². The van der Waals surface area contributed by atoms with E-state index in [0.717, 1.165) is 12.2 Å². The van der Waals surface area contributed by atoms with E-state index in [1.807, 2.05) is 12.1 Å². The number of hydrogen-bond acceptors (Lipinski definition) is 2. The van der Waals surface area contributed by atoms with E-state index in [0.29, 0.717) is 19.1 Å². The zero-order chi connectivity index (χ0) is 14.8. The van der Waals surface area contributed by atoms with E-state index >= 15 is 0 Å². The molecule has 1 aliphatic carbocycles. The fraction of sp³-hybridized carbons (Fsp3) is 0.588. The average molecular weight is 275 g/mol. The number of rotatable bonds is 5. The largest absolute Gasteiger partial charge is 0.492 e. The van der Waals surface area contributed by atoms with Crippen LogP contribution in [0, 0.1) is 11.8 Å². The molecule has 20 heavy (non-hydrogen) atoms. The molecule has 1 N–H and O–H groups in total. The zero-order valence-corrected chi connectivity index (χ0v) is 12.9. The van der Waals surface area contributed by atoms with Crippen molar-refractivity contribution < 1.29 is 9.53 Å². The van der Waals surface area contributed by atoms with E-state index in [1.165, 1.54) is 5.56 Å². The molecule has 0 bridgehead atoms. The number of carbonyl (C=O) groups is 1. The summed E-state index contributed by atoms with van der Waals surface area (Å²) in [5.41, 5.74) is 1.45. The van der Waals surface area contributed by atoms with Crippen LogP contribution >= 0.6 is 0 Å². The van der Waals surface area contributed by atoms with Crippen molar-refractivity contribution in [1.82, 2.24) is 5.32 Å². The van der Waals surface area contributed by atoms with E-state index in [1.54, 1.807) is 0 Å². The molecule has 1 amide bonds. The minimum Gasteiger partial charge on any atom is -0.492 e. The predicted molar refractivity (Wildman–Crippen MR) is 80.9 cm³/mol. The Hall–Kier alpha value is -1.51. The van der Waals surface area contributed by atoms with Crippen molar-refractivity contribution in [1.29, 1.82) is 0 Å². The maximum Gasteiger partial charge on any atom is 0.223 e. The Labute approximate surface area is 121 Å². The Balaban J connectivity index is 1.70. The Kier molecular flexibility index (Phi) is 4.36. The summed E-state index contributed by atoms with van der Waals surface area (Å²) < 4.78 is 5.64. The lowest BCUT2D eigenvalue weighted by Crippen LogP contribution is -2.29. The van der Waals surface area contributed by atoms with Crippen molar-refractivity contribution in [2.45, 2.75) is 39.5 Å². The Morgan fingerprint density at radius 3 is 2.40 bits per heavy atom. The molecule has 1 fully saturated rings. The number of hydrogen-bond donors (Lipinski definition) is 1. The summed E-state index contributed by atoms with van der Waals surface area (Å²) in [5.74, 6) is 1.82. The molecule has 0 aliphatic heterocycles. The van der Waals surface area contributed by atoms with Gasteiger partial charge in [-0.2, -0.15) is 0 Å². The monoisotopic (exact) mass is 275 g/mol. The van der Waals surface area contributed by atoms with Gasteiger partial charge in [0, 0.05) is 5.92 Å². The molecular weight excluding hydrogens is 250 g/mol. The van der Waals surface area contributed by atoms with Gasteiger partial charge in [0.1, 0.15) is 12.4 Å². The van der Waals surface area contributed by atoms with Crippen LogP contribution in [0.1, 0.15) is 39.7 Å². The van der Waals surface area contributed by atoms with E-state index < -0.39 is 0 Å². The predicted octanol–water partition coefficient (Wildman–Crippen LogP) is 3.14. The molecule has 2 unspecified atom stereocenters. The van der Waals surface area contributed by atoms with E-state index in [4.69, 9.17) is 4.74 Å². The number of amides is 1. The van der Waals surface area contributed by atoms with Crippen LogP contribution in [-0.4, -0.2) is 19.1 Å². The molecule has 0 saturated heterocycles. The molecule has 110 valence electrons. The molecular formula is C17H25NO2. The van der Waals surface area contributed by atoms with Crippen LogP contribution in [0.3, 0.4) is 0 Å². The first-order chi connectivity index (χ1) is 9.38. The summed E-state index contributed by atoms with van der Waals surface area (Å²) in [6.45, 7) is 9.77. The summed E-state index contributed by atoms with van der Waals surface area (Å²) in [7, 11) is 0. The summed E-state index contributed by atoms with van der Waals surface area (Å²) in [6.07, 6.45) is 1.03. The fourth-order valence-electron chi connectivity index (χ4n) is 2.21. The normalized spacial score (nSPS) is 21.4. The minimum atomic E-state index is 0.160. The lowest BCUT2D eigenvalue weighted by molar-refractivity contribution is -0.122. The average Bonchev–Trinajstić information content (AvgIpc) is 3.11. The number of benzene rings is 1. The first kappa shape index (κ1) is 14.9. The van der Waals surface area contributed by atoms with Gasteiger partial charge in [0.15, 0.2) is 0 Å². The smallest absolute Gasteiger partial charge is 0.223 e. The van der Waals surface area contributed by atoms with Crippen molar-refractivity contribution in [2.75, 3.05) is 13.2 Å². The standard InChI is InChI=1S/C17H25NO2/c1-12-11-15(12)16(19)18-9-10-20-14-7-5-13(6-8-14)17(2,3)4/h5-8,12,15H,9-11H2,1-4H3,(H,18,19). The van der Waals surface area contributed by atoms with Gasteiger partial charge in [0.2, 0.25) is 5.91 Å². The van der Waals surface area contributed by atoms with Crippen molar-refractivity contribution >= 4 is 5.91 Å². The lowest BCUT2D eigenvalue weighted by Gasteiger charge is -2.19. The molecule has 2 rings (SSSR count). The second kappa shape index (κ2) is 5.86. The molecule has 1 aromatic rings. The Morgan fingerprint density at radius 2 is 1.90 bits per heavy atom. The van der Waals surface area contributed by atoms with E-state index in [2.05, 4.69) is 45.1 Å². The maximum absolute atomic E-state index is 11.6. The summed E-state index contributed by atoms with van der Waals surface area (Å²) >= 11 is 0. The van der Waals surface area contributed by atoms with Crippen molar-refractivity contribution in [2.24, 2.45) is 11.8 Å². The molecule has 1 aliphatic rings. The van der Waals surface area contributed by atoms with Gasteiger partial charge in [-0.1, -0.05) is 39.8 Å². The van der Waals surface area contributed by atoms with Crippen LogP contribution < -0.4 is 10.1 Å². The third-order valence-corrected chi connectivity index (χ3v) is 3.84. The Morgan fingerprint density at radius 1 is 1.30 bits per heavy atom. The molecule has 0 radical (unpaired) electrons. The van der Waals surface area contributed by atoms with Crippen LogP contribution in [-0.2, 0) is 10.2 Å². The van der Waals surface area contributed by atoms with E-state index in [9.17, 15) is 4.79 Å². The second-order valence-electron chi connectivity index (χ2n) is 6.73. The number of carbonyl (C=O) groups excluding carboxylic acids is 1. The van der Waals surface area contributed by atoms with Crippen LogP contribution in [0.15, 0.2) is 24.3 Å². The lowest BCUT2D eigenvalue weighted by atomic mass is 9.87. The Bertz CT molecular complexity index is 459. The fourth-order valence-corrected chi connectivity index (χ4v) is 2.21. The van der Waals surface area contributed by atoms with Gasteiger partial charge in [-0.05, 0) is 35.4 Å². The molecule has 2 atom stereocenters. The molecule has 1 saturated carbocycles. The first-order valence-corrected chi connectivity index (χ1v) is 7.39. The van der Waals surface area contributed by atoms with Gasteiger partial charge in [0.25, 0.3) is 0 Å². The topological polar surface area (TPSA) is 38.3 Å². The molecule has 0 heterocycles. The van der Waals surface area contributed by atoms with Crippen LogP contribution in [0.2, 0.25) is 0 Å². The van der Waals surface area contributed by atoms with Gasteiger partial charge in [-0.25, -0.2) is 0 Å². The second-order valence-corrected chi connectivity index (χ2v) is 6.73. The van der Waals surface area contributed by atoms with Crippen LogP contribution in [0.4, 0.5) is 0 Å². The molecule has 0 spiro atoms. The summed E-state index contributed by atoms with van der Waals surface area (Å²) in [5, 5.41) is 2.92. The highest BCUT2D eigenvalue weighted by Gasteiger charge is 2.38. The minimum absolute atomic E-state index is 0.160. The maximum atomic E-state index is 11.6. The third-order valence-electron chi connectivity index (χ3n) is 3.84. The van der Waals surface area contributed by atoms with Gasteiger partial charge >= 0.3 is 0 Å². The van der Waals surface area contributed by atoms with Crippen LogP contribution in [0.25, 0.3) is 0 Å². The van der Waals surface area contributed by atoms with Crippen molar-refractivity contribution in [3.63, 3.8) is 0 Å². The molecule has 0 aromatic heterocycles. The van der Waals surface area contributed by atoms with Gasteiger partial charge in [0.05, 0.1) is 6.54 Å². The van der Waals surface area contributed by atoms with Crippen molar-refractivity contribution in [3.05, 3.63) is 29.8 Å². The first-order valence-electron chi connectivity index (χ1n) is 7.39. The SMILES string of the molecule is CC1CC1C(=O)NCCOc1ccc(C(C)(C)C)cc1. The molecule has 3 heteroatoms. The van der Waals surface area contributed by atoms with Crippen molar-refractivity contribution in [3.8, 4) is 5.75 Å². The highest BCUT2D eigenvalue weighted by Crippen LogP contribution is 2.37.